The van der Waals surface area contributed by atoms with Crippen molar-refractivity contribution in [3.63, 3.8) is 0 Å². The molecular weight excluding hydrogens is 270 g/mol. The van der Waals surface area contributed by atoms with Crippen molar-refractivity contribution >= 4 is 17.7 Å². The Morgan fingerprint density at radius 1 is 1.55 bits per heavy atom. The van der Waals surface area contributed by atoms with Gasteiger partial charge in [0.05, 0.1) is 6.54 Å². The van der Waals surface area contributed by atoms with E-state index in [1.807, 2.05) is 30.2 Å². The molecule has 5 nitrogen and oxygen atoms in total. The van der Waals surface area contributed by atoms with Crippen molar-refractivity contribution in [3.8, 4) is 0 Å². The highest BCUT2D eigenvalue weighted by Crippen LogP contribution is 2.24. The SMILES string of the molecule is CN=C(NCCn1cccn1)N1CCSC(C(C)C)C1. The van der Waals surface area contributed by atoms with Crippen molar-refractivity contribution in [1.82, 2.24) is 20.0 Å². The van der Waals surface area contributed by atoms with Crippen LogP contribution in [0.1, 0.15) is 13.8 Å². The van der Waals surface area contributed by atoms with Crippen molar-refractivity contribution in [1.29, 1.82) is 0 Å². The Balaban J connectivity index is 1.82. The van der Waals surface area contributed by atoms with Gasteiger partial charge in [0, 0.05) is 50.1 Å². The van der Waals surface area contributed by atoms with Gasteiger partial charge < -0.3 is 10.2 Å². The molecule has 1 aliphatic rings. The van der Waals surface area contributed by atoms with E-state index in [1.165, 1.54) is 5.75 Å². The normalized spacial score (nSPS) is 20.5. The Hall–Kier alpha value is -1.17. The zero-order valence-electron chi connectivity index (χ0n) is 12.6. The number of nitrogens with zero attached hydrogens (tertiary/aromatic N) is 4. The summed E-state index contributed by atoms with van der Waals surface area (Å²) in [5.74, 6) is 2.91. The zero-order chi connectivity index (χ0) is 14.4. The van der Waals surface area contributed by atoms with Crippen LogP contribution in [0.5, 0.6) is 0 Å². The molecule has 1 aromatic rings. The minimum atomic E-state index is 0.702. The predicted molar refractivity (Wildman–Crippen MR) is 86.2 cm³/mol. The first-order valence-corrected chi connectivity index (χ1v) is 8.30. The third-order valence-corrected chi connectivity index (χ3v) is 5.07. The summed E-state index contributed by atoms with van der Waals surface area (Å²) in [6.07, 6.45) is 3.79. The monoisotopic (exact) mass is 295 g/mol. The number of hydrogen-bond acceptors (Lipinski definition) is 3. The highest BCUT2D eigenvalue weighted by molar-refractivity contribution is 8.00. The molecule has 1 saturated heterocycles. The second-order valence-electron chi connectivity index (χ2n) is 5.34. The molecule has 112 valence electrons. The molecule has 0 aromatic carbocycles. The molecule has 2 rings (SSSR count). The van der Waals surface area contributed by atoms with Gasteiger partial charge >= 0.3 is 0 Å². The van der Waals surface area contributed by atoms with Crippen LogP contribution >= 0.6 is 11.8 Å². The summed E-state index contributed by atoms with van der Waals surface area (Å²) in [6, 6.07) is 1.95. The number of nitrogens with one attached hydrogen (secondary N) is 1. The molecule has 1 N–H and O–H groups in total. The first kappa shape index (κ1) is 15.2. The molecule has 1 unspecified atom stereocenters. The fourth-order valence-electron chi connectivity index (χ4n) is 2.32. The molecule has 1 fully saturated rings. The quantitative estimate of drug-likeness (QED) is 0.676. The van der Waals surface area contributed by atoms with Crippen LogP contribution in [0.25, 0.3) is 0 Å². The summed E-state index contributed by atoms with van der Waals surface area (Å²) in [5.41, 5.74) is 0. The van der Waals surface area contributed by atoms with Crippen molar-refractivity contribution in [2.45, 2.75) is 25.6 Å². The van der Waals surface area contributed by atoms with E-state index in [0.717, 1.165) is 32.1 Å². The molecule has 1 aromatic heterocycles. The van der Waals surface area contributed by atoms with Crippen LogP contribution in [-0.4, -0.2) is 58.3 Å². The average molecular weight is 295 g/mol. The van der Waals surface area contributed by atoms with Crippen LogP contribution < -0.4 is 5.32 Å². The lowest BCUT2D eigenvalue weighted by atomic mass is 10.1. The van der Waals surface area contributed by atoms with Gasteiger partial charge in [-0.2, -0.15) is 16.9 Å². The second kappa shape index (κ2) is 7.57. The molecule has 0 aliphatic carbocycles. The highest BCUT2D eigenvalue weighted by Gasteiger charge is 2.24. The number of aromatic nitrogens is 2. The van der Waals surface area contributed by atoms with E-state index < -0.39 is 0 Å². The van der Waals surface area contributed by atoms with Gasteiger partial charge in [0.1, 0.15) is 0 Å². The topological polar surface area (TPSA) is 45.5 Å². The van der Waals surface area contributed by atoms with Crippen LogP contribution in [0.3, 0.4) is 0 Å². The minimum Gasteiger partial charge on any atom is -0.354 e. The van der Waals surface area contributed by atoms with Gasteiger partial charge in [-0.1, -0.05) is 13.8 Å². The van der Waals surface area contributed by atoms with Crippen LogP contribution in [0.4, 0.5) is 0 Å². The Labute approximate surface area is 125 Å². The van der Waals surface area contributed by atoms with E-state index >= 15 is 0 Å². The van der Waals surface area contributed by atoms with Crippen molar-refractivity contribution < 1.29 is 0 Å². The van der Waals surface area contributed by atoms with Gasteiger partial charge in [0.2, 0.25) is 0 Å². The Bertz CT molecular complexity index is 415. The third kappa shape index (κ3) is 4.16. The van der Waals surface area contributed by atoms with E-state index in [2.05, 4.69) is 45.9 Å². The van der Waals surface area contributed by atoms with Crippen LogP contribution in [0, 0.1) is 5.92 Å². The first-order chi connectivity index (χ1) is 9.70. The van der Waals surface area contributed by atoms with E-state index in [4.69, 9.17) is 0 Å². The molecule has 0 radical (unpaired) electrons. The second-order valence-corrected chi connectivity index (χ2v) is 6.69. The van der Waals surface area contributed by atoms with Gasteiger partial charge in [-0.05, 0) is 12.0 Å². The highest BCUT2D eigenvalue weighted by atomic mass is 32.2. The molecule has 0 saturated carbocycles. The van der Waals surface area contributed by atoms with Gasteiger partial charge in [-0.15, -0.1) is 0 Å². The molecule has 0 bridgehead atoms. The largest absolute Gasteiger partial charge is 0.354 e. The lowest BCUT2D eigenvalue weighted by Crippen LogP contribution is -2.49. The number of thioether (sulfide) groups is 1. The van der Waals surface area contributed by atoms with Gasteiger partial charge in [-0.3, -0.25) is 9.67 Å². The summed E-state index contributed by atoms with van der Waals surface area (Å²) >= 11 is 2.09. The zero-order valence-corrected chi connectivity index (χ0v) is 13.4. The number of hydrogen-bond donors (Lipinski definition) is 1. The minimum absolute atomic E-state index is 0.702. The summed E-state index contributed by atoms with van der Waals surface area (Å²) in [4.78, 5) is 6.80. The smallest absolute Gasteiger partial charge is 0.193 e. The molecule has 20 heavy (non-hydrogen) atoms. The standard InChI is InChI=1S/C14H25N5S/c1-12(2)13-11-18(9-10-20-13)14(15-3)16-6-8-19-7-4-5-17-19/h4-5,7,12-13H,6,8-11H2,1-3H3,(H,15,16). The van der Waals surface area contributed by atoms with E-state index in [1.54, 1.807) is 0 Å². The van der Waals surface area contributed by atoms with E-state index in [-0.39, 0.29) is 0 Å². The van der Waals surface area contributed by atoms with Crippen molar-refractivity contribution in [3.05, 3.63) is 18.5 Å². The number of guanidine groups is 1. The maximum absolute atomic E-state index is 4.42. The summed E-state index contributed by atoms with van der Waals surface area (Å²) in [5, 5.41) is 8.35. The Morgan fingerprint density at radius 2 is 2.40 bits per heavy atom. The Kier molecular flexibility index (Phi) is 5.76. The molecule has 0 spiro atoms. The molecule has 6 heteroatoms. The Morgan fingerprint density at radius 3 is 3.05 bits per heavy atom. The van der Waals surface area contributed by atoms with Crippen LogP contribution in [0.15, 0.2) is 23.5 Å². The summed E-state index contributed by atoms with van der Waals surface area (Å²) in [7, 11) is 1.86. The van der Waals surface area contributed by atoms with Gasteiger partial charge in [0.25, 0.3) is 0 Å². The molecular formula is C14H25N5S. The molecule has 1 aliphatic heterocycles. The maximum atomic E-state index is 4.42. The van der Waals surface area contributed by atoms with E-state index in [9.17, 15) is 0 Å². The fraction of sp³-hybridized carbons (Fsp3) is 0.714. The third-order valence-electron chi connectivity index (χ3n) is 3.53. The van der Waals surface area contributed by atoms with Gasteiger partial charge in [0.15, 0.2) is 5.96 Å². The lowest BCUT2D eigenvalue weighted by molar-refractivity contribution is 0.379. The van der Waals surface area contributed by atoms with Crippen LogP contribution in [-0.2, 0) is 6.54 Å². The van der Waals surface area contributed by atoms with Gasteiger partial charge in [-0.25, -0.2) is 0 Å². The number of rotatable bonds is 4. The fourth-order valence-corrected chi connectivity index (χ4v) is 3.62. The number of aliphatic imine (C=N–C) groups is 1. The molecule has 0 amide bonds. The van der Waals surface area contributed by atoms with Crippen molar-refractivity contribution in [2.24, 2.45) is 10.9 Å². The van der Waals surface area contributed by atoms with Crippen LogP contribution in [0.2, 0.25) is 0 Å². The van der Waals surface area contributed by atoms with E-state index in [0.29, 0.717) is 11.2 Å². The molecule has 2 heterocycles. The summed E-state index contributed by atoms with van der Waals surface area (Å²) in [6.45, 7) is 8.48. The lowest BCUT2D eigenvalue weighted by Gasteiger charge is -2.36. The average Bonchev–Trinajstić information content (AvgIpc) is 2.97. The first-order valence-electron chi connectivity index (χ1n) is 7.25. The summed E-state index contributed by atoms with van der Waals surface area (Å²) < 4.78 is 1.93. The molecule has 1 atom stereocenters. The van der Waals surface area contributed by atoms with Crippen molar-refractivity contribution in [2.75, 3.05) is 32.4 Å². The maximum Gasteiger partial charge on any atom is 0.193 e. The predicted octanol–water partition coefficient (Wildman–Crippen LogP) is 1.53.